The fraction of sp³-hybridized carbons (Fsp3) is 0.600. The molecule has 3 N–H and O–H groups in total. The Morgan fingerprint density at radius 3 is 2.70 bits per heavy atom. The van der Waals surface area contributed by atoms with Gasteiger partial charge in [0.05, 0.1) is 17.7 Å². The maximum atomic E-state index is 14.9. The van der Waals surface area contributed by atoms with Crippen LogP contribution < -0.4 is 16.0 Å². The number of nitrogens with one attached hydrogen (secondary N) is 3. The minimum absolute atomic E-state index is 0.0160. The highest BCUT2D eigenvalue weighted by atomic mass is 19.3. The van der Waals surface area contributed by atoms with E-state index < -0.39 is 71.8 Å². The first-order valence-corrected chi connectivity index (χ1v) is 12.4. The number of benzene rings is 1. The number of hydrogen-bond acceptors (Lipinski definition) is 5. The van der Waals surface area contributed by atoms with Crippen LogP contribution in [-0.4, -0.2) is 59.3 Å². The topological polar surface area (TPSA) is 114 Å². The fourth-order valence-electron chi connectivity index (χ4n) is 5.70. The summed E-state index contributed by atoms with van der Waals surface area (Å²) >= 11 is 0. The van der Waals surface area contributed by atoms with Crippen LogP contribution in [0.25, 0.3) is 0 Å². The molecule has 3 amide bonds. The molecule has 2 bridgehead atoms. The molecule has 37 heavy (non-hydrogen) atoms. The van der Waals surface area contributed by atoms with Gasteiger partial charge in [-0.1, -0.05) is 0 Å². The first-order valence-electron chi connectivity index (χ1n) is 12.4. The van der Waals surface area contributed by atoms with Crippen LogP contribution in [0.15, 0.2) is 18.2 Å². The molecule has 200 valence electrons. The molecule has 4 fully saturated rings. The number of fused-ring (bicyclic) bond motifs is 3. The molecule has 0 radical (unpaired) electrons. The predicted octanol–water partition coefficient (Wildman–Crippen LogP) is 2.70. The summed E-state index contributed by atoms with van der Waals surface area (Å²) in [5.41, 5.74) is -0.273. The van der Waals surface area contributed by atoms with Crippen molar-refractivity contribution < 1.29 is 31.9 Å². The van der Waals surface area contributed by atoms with Gasteiger partial charge < -0.3 is 20.9 Å². The highest BCUT2D eigenvalue weighted by Gasteiger charge is 2.60. The molecule has 0 unspecified atom stereocenters. The van der Waals surface area contributed by atoms with Crippen LogP contribution in [0, 0.1) is 34.8 Å². The van der Waals surface area contributed by atoms with E-state index in [9.17, 15) is 37.2 Å². The van der Waals surface area contributed by atoms with E-state index in [2.05, 4.69) is 16.0 Å². The van der Waals surface area contributed by atoms with Crippen molar-refractivity contribution >= 4 is 23.4 Å². The summed E-state index contributed by atoms with van der Waals surface area (Å²) in [6.07, 6.45) is 0.952. The summed E-state index contributed by atoms with van der Waals surface area (Å²) < 4.78 is 57.5. The van der Waals surface area contributed by atoms with Crippen LogP contribution in [0.1, 0.15) is 45.4 Å². The zero-order valence-corrected chi connectivity index (χ0v) is 20.3. The van der Waals surface area contributed by atoms with Gasteiger partial charge in [0.25, 0.3) is 5.92 Å². The van der Waals surface area contributed by atoms with Crippen molar-refractivity contribution in [2.45, 2.75) is 75.5 Å². The Hall–Kier alpha value is -3.36. The summed E-state index contributed by atoms with van der Waals surface area (Å²) in [7, 11) is 0. The molecule has 3 aliphatic heterocycles. The van der Waals surface area contributed by atoms with Crippen LogP contribution in [0.4, 0.5) is 23.2 Å². The van der Waals surface area contributed by atoms with Crippen molar-refractivity contribution in [2.75, 3.05) is 11.9 Å². The number of nitriles is 1. The minimum Gasteiger partial charge on any atom is -0.371 e. The van der Waals surface area contributed by atoms with Crippen LogP contribution >= 0.6 is 0 Å². The number of halogens is 4. The number of rotatable bonds is 7. The van der Waals surface area contributed by atoms with E-state index in [0.717, 1.165) is 29.5 Å². The molecule has 1 saturated carbocycles. The maximum Gasteiger partial charge on any atom is 0.255 e. The van der Waals surface area contributed by atoms with Gasteiger partial charge in [-0.25, -0.2) is 17.6 Å². The van der Waals surface area contributed by atoms with Gasteiger partial charge in [-0.15, -0.1) is 0 Å². The van der Waals surface area contributed by atoms with Crippen molar-refractivity contribution in [1.29, 1.82) is 5.26 Å². The number of hydrogen-bond donors (Lipinski definition) is 3. The lowest BCUT2D eigenvalue weighted by molar-refractivity contribution is -0.194. The van der Waals surface area contributed by atoms with E-state index in [1.807, 2.05) is 6.07 Å². The fourth-order valence-corrected chi connectivity index (χ4v) is 5.70. The Labute approximate surface area is 211 Å². The third kappa shape index (κ3) is 5.50. The summed E-state index contributed by atoms with van der Waals surface area (Å²) in [6.45, 7) is 1.91. The van der Waals surface area contributed by atoms with Crippen LogP contribution in [0.3, 0.4) is 0 Å². The van der Waals surface area contributed by atoms with Crippen molar-refractivity contribution in [1.82, 2.24) is 15.5 Å². The second kappa shape index (κ2) is 10.6. The maximum absolute atomic E-state index is 14.9. The molecule has 3 saturated heterocycles. The van der Waals surface area contributed by atoms with Gasteiger partial charge in [0.15, 0.2) is 0 Å². The molecular weight excluding hydrogens is 494 g/mol. The first-order chi connectivity index (χ1) is 17.5. The lowest BCUT2D eigenvalue weighted by Crippen LogP contribution is -2.70. The van der Waals surface area contributed by atoms with Gasteiger partial charge in [-0.3, -0.25) is 14.4 Å². The first kappa shape index (κ1) is 26.7. The third-order valence-corrected chi connectivity index (χ3v) is 7.52. The Balaban J connectivity index is 1.54. The lowest BCUT2D eigenvalue weighted by atomic mass is 9.71. The molecule has 3 heterocycles. The van der Waals surface area contributed by atoms with Gasteiger partial charge in [-0.2, -0.15) is 5.26 Å². The summed E-state index contributed by atoms with van der Waals surface area (Å²) in [6, 6.07) is -0.139. The van der Waals surface area contributed by atoms with Crippen LogP contribution in [-0.2, 0) is 14.4 Å². The van der Waals surface area contributed by atoms with Gasteiger partial charge in [0.1, 0.15) is 29.8 Å². The molecule has 1 aromatic carbocycles. The van der Waals surface area contributed by atoms with Crippen molar-refractivity contribution in [2.24, 2.45) is 11.8 Å². The zero-order chi connectivity index (χ0) is 26.9. The molecule has 1 aromatic rings. The minimum atomic E-state index is -3.20. The van der Waals surface area contributed by atoms with E-state index in [4.69, 9.17) is 0 Å². The number of carbonyl (C=O) groups is 3. The van der Waals surface area contributed by atoms with Crippen molar-refractivity contribution in [3.8, 4) is 6.07 Å². The Kier molecular flexibility index (Phi) is 7.62. The molecule has 4 aliphatic rings. The lowest BCUT2D eigenvalue weighted by Gasteiger charge is -2.54. The Bertz CT molecular complexity index is 1110. The van der Waals surface area contributed by atoms with E-state index in [1.54, 1.807) is 0 Å². The largest absolute Gasteiger partial charge is 0.371 e. The molecular formula is C25H29F4N5O3. The number of alkyl halides is 2. The smallest absolute Gasteiger partial charge is 0.255 e. The van der Waals surface area contributed by atoms with E-state index >= 15 is 0 Å². The third-order valence-electron chi connectivity index (χ3n) is 7.52. The van der Waals surface area contributed by atoms with Gasteiger partial charge in [0.2, 0.25) is 17.7 Å². The second-order valence-corrected chi connectivity index (χ2v) is 10.0. The summed E-state index contributed by atoms with van der Waals surface area (Å²) in [5.74, 6) is -8.52. The predicted molar refractivity (Wildman–Crippen MR) is 124 cm³/mol. The van der Waals surface area contributed by atoms with E-state index in [-0.39, 0.29) is 30.9 Å². The quantitative estimate of drug-likeness (QED) is 0.476. The highest BCUT2D eigenvalue weighted by molar-refractivity contribution is 5.92. The van der Waals surface area contributed by atoms with Crippen LogP contribution in [0.5, 0.6) is 0 Å². The Morgan fingerprint density at radius 1 is 1.27 bits per heavy atom. The molecule has 5 rings (SSSR count). The Morgan fingerprint density at radius 2 is 2.03 bits per heavy atom. The van der Waals surface area contributed by atoms with E-state index in [0.29, 0.717) is 13.0 Å². The average Bonchev–Trinajstić information content (AvgIpc) is 2.85. The standard InChI is InChI=1S/C25H29F4N5O3/c1-13(32-20-10-15(26)4-7-19(20)27)24(37)34-17-5-6-18(25(28,29)11-17)21(34)23(36)33-16(12-30)9-14-3-2-8-31-22(14)35/h4,7,10,13-14,16-18,21,32H,2-3,5-6,8-9,11H2,1H3,(H,31,35)(H,33,36)/t13-,14-,16-,17-,18-,21+/m0/s1. The zero-order valence-electron chi connectivity index (χ0n) is 20.3. The molecule has 8 nitrogen and oxygen atoms in total. The number of amides is 3. The molecule has 1 aliphatic carbocycles. The van der Waals surface area contributed by atoms with Gasteiger partial charge in [-0.05, 0) is 57.2 Å². The average molecular weight is 524 g/mol. The highest BCUT2D eigenvalue weighted by Crippen LogP contribution is 2.49. The SMILES string of the molecule is C[C@H](Nc1cc(F)ccc1F)C(=O)N1[C@H]2CC[C@@H]([C@@H]1C(=O)N[C@H](C#N)C[C@@H]1CCCNC1=O)C(F)(F)C2. The molecule has 6 atom stereocenters. The number of nitrogens with zero attached hydrogens (tertiary/aromatic N) is 2. The van der Waals surface area contributed by atoms with Crippen molar-refractivity contribution in [3.05, 3.63) is 29.8 Å². The monoisotopic (exact) mass is 523 g/mol. The second-order valence-electron chi connectivity index (χ2n) is 10.0. The van der Waals surface area contributed by atoms with Crippen molar-refractivity contribution in [3.63, 3.8) is 0 Å². The van der Waals surface area contributed by atoms with E-state index in [1.165, 1.54) is 6.92 Å². The number of carbonyl (C=O) groups excluding carboxylic acids is 3. The summed E-state index contributed by atoms with van der Waals surface area (Å²) in [4.78, 5) is 40.0. The molecule has 0 aromatic heterocycles. The van der Waals surface area contributed by atoms with Gasteiger partial charge in [0, 0.05) is 24.9 Å². The molecule has 0 spiro atoms. The van der Waals surface area contributed by atoms with Crippen LogP contribution in [0.2, 0.25) is 0 Å². The number of anilines is 1. The van der Waals surface area contributed by atoms with Gasteiger partial charge >= 0.3 is 0 Å². The normalized spacial score (nSPS) is 28.0. The molecule has 12 heteroatoms. The number of piperidine rings is 3. The summed E-state index contributed by atoms with van der Waals surface area (Å²) in [5, 5.41) is 17.4.